The normalized spacial score (nSPS) is 11.5. The molecule has 0 rings (SSSR count). The molecule has 0 aliphatic heterocycles. The second-order valence-electron chi connectivity index (χ2n) is 5.01. The first-order chi connectivity index (χ1) is 9.45. The lowest BCUT2D eigenvalue weighted by Gasteiger charge is -2.31. The van der Waals surface area contributed by atoms with Crippen LogP contribution in [0, 0.1) is 0 Å². The lowest BCUT2D eigenvalue weighted by Crippen LogP contribution is -2.27. The first-order valence-corrected chi connectivity index (χ1v) is 9.52. The fourth-order valence-electron chi connectivity index (χ4n) is 1.98. The first-order valence-electron chi connectivity index (χ1n) is 7.20. The van der Waals surface area contributed by atoms with Gasteiger partial charge in [-0.15, -0.1) is 0 Å². The van der Waals surface area contributed by atoms with Crippen LogP contribution in [0.2, 0.25) is 0 Å². The molecular weight excluding hydrogens is 296 g/mol. The van der Waals surface area contributed by atoms with E-state index in [-0.39, 0.29) is 17.6 Å². The highest BCUT2D eigenvalue weighted by Crippen LogP contribution is 2.46. The molecule has 0 aliphatic rings. The van der Waals surface area contributed by atoms with Crippen LogP contribution in [0.4, 0.5) is 0 Å². The number of rotatable bonds is 13. The molecule has 118 valence electrons. The molecule has 20 heavy (non-hydrogen) atoms. The maximum atomic E-state index is 11.2. The highest BCUT2D eigenvalue weighted by atomic mass is 33.1. The summed E-state index contributed by atoms with van der Waals surface area (Å²) < 4.78 is -0.249. The van der Waals surface area contributed by atoms with Crippen molar-refractivity contribution >= 4 is 33.5 Å². The maximum Gasteiger partial charge on any atom is 0.304 e. The van der Waals surface area contributed by atoms with Gasteiger partial charge >= 0.3 is 11.9 Å². The van der Waals surface area contributed by atoms with Gasteiger partial charge in [-0.2, -0.15) is 0 Å². The Morgan fingerprint density at radius 3 is 1.95 bits per heavy atom. The largest absolute Gasteiger partial charge is 0.481 e. The summed E-state index contributed by atoms with van der Waals surface area (Å²) in [6.07, 6.45) is 6.20. The molecule has 6 heteroatoms. The molecule has 0 bridgehead atoms. The zero-order valence-corrected chi connectivity index (χ0v) is 14.0. The Bertz CT molecular complexity index is 287. The standard InChI is InChI=1S/C14H26O4S2/c1-3-5-8-14(9-6-4-2,11-13(17)18)20-19-10-7-12(15)16/h3-11H2,1-2H3,(H,15,16)(H,17,18). The Hall–Kier alpha value is -0.360. The van der Waals surface area contributed by atoms with Crippen LogP contribution in [0.25, 0.3) is 0 Å². The summed E-state index contributed by atoms with van der Waals surface area (Å²) in [7, 11) is 3.10. The number of carboxylic acids is 2. The zero-order valence-electron chi connectivity index (χ0n) is 12.4. The molecule has 0 fully saturated rings. The van der Waals surface area contributed by atoms with Gasteiger partial charge in [0.05, 0.1) is 12.8 Å². The predicted octanol–water partition coefficient (Wildman–Crippen LogP) is 4.44. The van der Waals surface area contributed by atoms with Crippen molar-refractivity contribution in [3.8, 4) is 0 Å². The minimum absolute atomic E-state index is 0.127. The van der Waals surface area contributed by atoms with Gasteiger partial charge in [0.15, 0.2) is 0 Å². The van der Waals surface area contributed by atoms with E-state index in [9.17, 15) is 14.7 Å². The topological polar surface area (TPSA) is 74.6 Å². The van der Waals surface area contributed by atoms with Gasteiger partial charge in [-0.1, -0.05) is 61.1 Å². The van der Waals surface area contributed by atoms with Crippen LogP contribution in [0.5, 0.6) is 0 Å². The summed E-state index contributed by atoms with van der Waals surface area (Å²) in [5.74, 6) is -1.04. The summed E-state index contributed by atoms with van der Waals surface area (Å²) in [4.78, 5) is 21.7. The third-order valence-corrected chi connectivity index (χ3v) is 6.39. The van der Waals surface area contributed by atoms with Gasteiger partial charge in [0.1, 0.15) is 0 Å². The van der Waals surface area contributed by atoms with Gasteiger partial charge in [0.25, 0.3) is 0 Å². The lowest BCUT2D eigenvalue weighted by atomic mass is 9.92. The second-order valence-corrected chi connectivity index (χ2v) is 7.89. The Kier molecular flexibility index (Phi) is 11.1. The van der Waals surface area contributed by atoms with Gasteiger partial charge in [-0.25, -0.2) is 0 Å². The average Bonchev–Trinajstić information content (AvgIpc) is 2.38. The predicted molar refractivity (Wildman–Crippen MR) is 86.3 cm³/mol. The Labute approximate surface area is 129 Å². The summed E-state index contributed by atoms with van der Waals surface area (Å²) in [5, 5.41) is 17.8. The van der Waals surface area contributed by atoms with E-state index in [0.29, 0.717) is 5.75 Å². The molecule has 0 unspecified atom stereocenters. The number of aliphatic carboxylic acids is 2. The van der Waals surface area contributed by atoms with Crippen LogP contribution in [0.1, 0.15) is 65.2 Å². The monoisotopic (exact) mass is 322 g/mol. The number of unbranched alkanes of at least 4 members (excludes halogenated alkanes) is 2. The van der Waals surface area contributed by atoms with Gasteiger partial charge in [-0.05, 0) is 12.8 Å². The van der Waals surface area contributed by atoms with Crippen molar-refractivity contribution in [2.45, 2.75) is 70.0 Å². The minimum atomic E-state index is -0.802. The molecule has 0 atom stereocenters. The fourth-order valence-corrected chi connectivity index (χ4v) is 5.14. The lowest BCUT2D eigenvalue weighted by molar-refractivity contribution is -0.138. The van der Waals surface area contributed by atoms with Crippen LogP contribution in [-0.4, -0.2) is 32.7 Å². The number of hydrogen-bond donors (Lipinski definition) is 2. The van der Waals surface area contributed by atoms with Crippen LogP contribution < -0.4 is 0 Å². The van der Waals surface area contributed by atoms with Crippen molar-refractivity contribution < 1.29 is 19.8 Å². The zero-order chi connectivity index (χ0) is 15.4. The van der Waals surface area contributed by atoms with Gasteiger partial charge in [0, 0.05) is 10.5 Å². The van der Waals surface area contributed by atoms with Crippen LogP contribution in [-0.2, 0) is 9.59 Å². The van der Waals surface area contributed by atoms with Crippen molar-refractivity contribution in [2.75, 3.05) is 5.75 Å². The molecule has 2 N–H and O–H groups in total. The van der Waals surface area contributed by atoms with E-state index < -0.39 is 11.9 Å². The van der Waals surface area contributed by atoms with E-state index in [1.807, 2.05) is 0 Å². The summed E-state index contributed by atoms with van der Waals surface area (Å²) in [6.45, 7) is 4.21. The molecule has 0 aromatic rings. The summed E-state index contributed by atoms with van der Waals surface area (Å²) >= 11 is 0. The van der Waals surface area contributed by atoms with Gasteiger partial charge in [0.2, 0.25) is 0 Å². The molecule has 0 aromatic carbocycles. The second kappa shape index (κ2) is 11.3. The maximum absolute atomic E-state index is 11.2. The molecule has 0 radical (unpaired) electrons. The van der Waals surface area contributed by atoms with E-state index in [1.54, 1.807) is 10.8 Å². The number of carbonyl (C=O) groups is 2. The smallest absolute Gasteiger partial charge is 0.304 e. The minimum Gasteiger partial charge on any atom is -0.481 e. The van der Waals surface area contributed by atoms with E-state index >= 15 is 0 Å². The SMILES string of the molecule is CCCCC(CCCC)(CC(=O)O)SSCCC(=O)O. The van der Waals surface area contributed by atoms with Crippen molar-refractivity contribution in [1.82, 2.24) is 0 Å². The van der Waals surface area contributed by atoms with Crippen molar-refractivity contribution in [3.05, 3.63) is 0 Å². The number of carboxylic acid groups (broad SMARTS) is 2. The van der Waals surface area contributed by atoms with Crippen molar-refractivity contribution in [3.63, 3.8) is 0 Å². The quantitative estimate of drug-likeness (QED) is 0.386. The van der Waals surface area contributed by atoms with Gasteiger partial charge in [-0.3, -0.25) is 9.59 Å². The highest BCUT2D eigenvalue weighted by molar-refractivity contribution is 8.77. The molecule has 0 heterocycles. The summed E-state index contributed by atoms with van der Waals surface area (Å²) in [6, 6.07) is 0. The van der Waals surface area contributed by atoms with Gasteiger partial charge < -0.3 is 10.2 Å². The molecule has 0 aromatic heterocycles. The van der Waals surface area contributed by atoms with E-state index in [2.05, 4.69) is 13.8 Å². The van der Waals surface area contributed by atoms with Crippen LogP contribution in [0.15, 0.2) is 0 Å². The Morgan fingerprint density at radius 1 is 1.00 bits per heavy atom. The molecular formula is C14H26O4S2. The molecule has 0 spiro atoms. The van der Waals surface area contributed by atoms with Crippen LogP contribution >= 0.6 is 21.6 Å². The van der Waals surface area contributed by atoms with E-state index in [1.165, 1.54) is 10.8 Å². The van der Waals surface area contributed by atoms with E-state index in [4.69, 9.17) is 5.11 Å². The molecule has 0 aliphatic carbocycles. The Morgan fingerprint density at radius 2 is 1.55 bits per heavy atom. The molecule has 0 saturated carbocycles. The Balaban J connectivity index is 4.57. The third kappa shape index (κ3) is 9.53. The van der Waals surface area contributed by atoms with Crippen molar-refractivity contribution in [2.24, 2.45) is 0 Å². The number of hydrogen-bond acceptors (Lipinski definition) is 4. The summed E-state index contributed by atoms with van der Waals surface area (Å²) in [5.41, 5.74) is 0. The fraction of sp³-hybridized carbons (Fsp3) is 0.857. The first kappa shape index (κ1) is 19.6. The van der Waals surface area contributed by atoms with Crippen molar-refractivity contribution in [1.29, 1.82) is 0 Å². The van der Waals surface area contributed by atoms with E-state index in [0.717, 1.165) is 38.5 Å². The highest BCUT2D eigenvalue weighted by Gasteiger charge is 2.32. The molecule has 0 amide bonds. The molecule has 4 nitrogen and oxygen atoms in total. The average molecular weight is 322 g/mol. The van der Waals surface area contributed by atoms with Crippen LogP contribution in [0.3, 0.4) is 0 Å². The third-order valence-electron chi connectivity index (χ3n) is 3.08. The molecule has 0 saturated heterocycles.